The Labute approximate surface area is 117 Å². The lowest BCUT2D eigenvalue weighted by molar-refractivity contribution is 0.0302. The van der Waals surface area contributed by atoms with Crippen LogP contribution in [0.1, 0.15) is 66.2 Å². The third-order valence-corrected chi connectivity index (χ3v) is 5.39. The molecule has 2 bridgehead atoms. The molecule has 1 amide bonds. The number of hydrogen-bond acceptors (Lipinski definition) is 2. The summed E-state index contributed by atoms with van der Waals surface area (Å²) in [5, 5.41) is 0. The molecule has 0 aromatic rings. The van der Waals surface area contributed by atoms with E-state index in [1.807, 2.05) is 6.92 Å². The van der Waals surface area contributed by atoms with E-state index >= 15 is 0 Å². The Bertz CT molecular complexity index is 313. The second-order valence-electron chi connectivity index (χ2n) is 6.92. The molecule has 2 aliphatic heterocycles. The average Bonchev–Trinajstić information content (AvgIpc) is 2.66. The van der Waals surface area contributed by atoms with Crippen molar-refractivity contribution < 1.29 is 9.53 Å². The largest absolute Gasteiger partial charge is 0.449 e. The zero-order valence-corrected chi connectivity index (χ0v) is 12.9. The molecule has 110 valence electrons. The van der Waals surface area contributed by atoms with Crippen LogP contribution in [0.3, 0.4) is 0 Å². The zero-order chi connectivity index (χ0) is 14.0. The molecule has 0 aliphatic carbocycles. The van der Waals surface area contributed by atoms with Gasteiger partial charge in [-0.3, -0.25) is 0 Å². The summed E-state index contributed by atoms with van der Waals surface area (Å²) in [4.78, 5) is 14.2. The summed E-state index contributed by atoms with van der Waals surface area (Å²) in [6.07, 6.45) is 6.72. The normalized spacial score (nSPS) is 30.5. The molecule has 3 heteroatoms. The lowest BCUT2D eigenvalue weighted by Crippen LogP contribution is -2.49. The maximum Gasteiger partial charge on any atom is 0.410 e. The van der Waals surface area contributed by atoms with Gasteiger partial charge in [0.1, 0.15) is 0 Å². The Morgan fingerprint density at radius 1 is 1.21 bits per heavy atom. The summed E-state index contributed by atoms with van der Waals surface area (Å²) in [6.45, 7) is 9.63. The van der Waals surface area contributed by atoms with E-state index in [-0.39, 0.29) is 6.09 Å². The monoisotopic (exact) mass is 267 g/mol. The molecule has 0 saturated carbocycles. The average molecular weight is 267 g/mol. The minimum Gasteiger partial charge on any atom is -0.449 e. The SMILES string of the molecule is CCCOC(=O)N1C2CCC1CC(C(C)(C)CC)C2. The zero-order valence-electron chi connectivity index (χ0n) is 12.9. The number of nitrogens with zero attached hydrogens (tertiary/aromatic N) is 1. The predicted octanol–water partition coefficient (Wildman–Crippen LogP) is 4.21. The van der Waals surface area contributed by atoms with Crippen molar-refractivity contribution in [2.24, 2.45) is 11.3 Å². The highest BCUT2D eigenvalue weighted by Crippen LogP contribution is 2.46. The summed E-state index contributed by atoms with van der Waals surface area (Å²) in [6, 6.07) is 0.859. The van der Waals surface area contributed by atoms with Crippen molar-refractivity contribution in [1.29, 1.82) is 0 Å². The van der Waals surface area contributed by atoms with Crippen LogP contribution in [0.25, 0.3) is 0 Å². The van der Waals surface area contributed by atoms with Crippen LogP contribution in [0.15, 0.2) is 0 Å². The van der Waals surface area contributed by atoms with E-state index in [2.05, 4.69) is 25.7 Å². The van der Waals surface area contributed by atoms with Gasteiger partial charge in [-0.15, -0.1) is 0 Å². The molecule has 0 aromatic heterocycles. The number of rotatable bonds is 4. The van der Waals surface area contributed by atoms with E-state index in [1.54, 1.807) is 0 Å². The van der Waals surface area contributed by atoms with Gasteiger partial charge in [0.15, 0.2) is 0 Å². The van der Waals surface area contributed by atoms with Gasteiger partial charge in [0.05, 0.1) is 6.61 Å². The third kappa shape index (κ3) is 2.90. The van der Waals surface area contributed by atoms with Crippen molar-refractivity contribution in [2.75, 3.05) is 6.61 Å². The summed E-state index contributed by atoms with van der Waals surface area (Å²) in [5.74, 6) is 0.755. The molecule has 0 radical (unpaired) electrons. The summed E-state index contributed by atoms with van der Waals surface area (Å²) >= 11 is 0. The minimum atomic E-state index is -0.0675. The number of hydrogen-bond donors (Lipinski definition) is 0. The Balaban J connectivity index is 2.00. The fourth-order valence-corrected chi connectivity index (χ4v) is 3.67. The van der Waals surface area contributed by atoms with E-state index in [1.165, 1.54) is 32.1 Å². The Morgan fingerprint density at radius 2 is 1.79 bits per heavy atom. The van der Waals surface area contributed by atoms with Crippen LogP contribution in [-0.2, 0) is 4.74 Å². The molecule has 2 rings (SSSR count). The van der Waals surface area contributed by atoms with Crippen LogP contribution >= 0.6 is 0 Å². The Morgan fingerprint density at radius 3 is 2.26 bits per heavy atom. The molecule has 2 atom stereocenters. The molecule has 0 N–H and O–H groups in total. The van der Waals surface area contributed by atoms with E-state index in [0.29, 0.717) is 24.1 Å². The maximum absolute atomic E-state index is 12.1. The van der Waals surface area contributed by atoms with Crippen molar-refractivity contribution in [3.8, 4) is 0 Å². The molecule has 0 spiro atoms. The standard InChI is InChI=1S/C16H29NO2/c1-5-9-19-15(18)17-13-7-8-14(17)11-12(10-13)16(3,4)6-2/h12-14H,5-11H2,1-4H3. The van der Waals surface area contributed by atoms with Crippen molar-refractivity contribution >= 4 is 6.09 Å². The Kier molecular flexibility index (Phi) is 4.42. The minimum absolute atomic E-state index is 0.0675. The van der Waals surface area contributed by atoms with Gasteiger partial charge in [-0.2, -0.15) is 0 Å². The molecule has 2 unspecified atom stereocenters. The number of fused-ring (bicyclic) bond motifs is 2. The quantitative estimate of drug-likeness (QED) is 0.763. The summed E-state index contributed by atoms with van der Waals surface area (Å²) in [7, 11) is 0. The van der Waals surface area contributed by atoms with Crippen LogP contribution in [0.5, 0.6) is 0 Å². The van der Waals surface area contributed by atoms with Crippen LogP contribution in [0.2, 0.25) is 0 Å². The second-order valence-corrected chi connectivity index (χ2v) is 6.92. The van der Waals surface area contributed by atoms with Crippen molar-refractivity contribution in [3.63, 3.8) is 0 Å². The molecule has 19 heavy (non-hydrogen) atoms. The van der Waals surface area contributed by atoms with Crippen molar-refractivity contribution in [3.05, 3.63) is 0 Å². The first-order valence-corrected chi connectivity index (χ1v) is 7.94. The molecule has 3 nitrogen and oxygen atoms in total. The van der Waals surface area contributed by atoms with E-state index < -0.39 is 0 Å². The van der Waals surface area contributed by atoms with Gasteiger partial charge in [0.25, 0.3) is 0 Å². The Hall–Kier alpha value is -0.730. The van der Waals surface area contributed by atoms with Gasteiger partial charge < -0.3 is 9.64 Å². The highest BCUT2D eigenvalue weighted by atomic mass is 16.6. The first-order valence-electron chi connectivity index (χ1n) is 7.94. The maximum atomic E-state index is 12.1. The number of carbonyl (C=O) groups excluding carboxylic acids is 1. The van der Waals surface area contributed by atoms with Crippen molar-refractivity contribution in [1.82, 2.24) is 4.90 Å². The summed E-state index contributed by atoms with van der Waals surface area (Å²) in [5.41, 5.74) is 0.403. The first-order chi connectivity index (χ1) is 8.99. The van der Waals surface area contributed by atoms with Crippen molar-refractivity contribution in [2.45, 2.75) is 78.3 Å². The molecular formula is C16H29NO2. The van der Waals surface area contributed by atoms with Crippen LogP contribution in [0.4, 0.5) is 4.79 Å². The number of ether oxygens (including phenoxy) is 1. The van der Waals surface area contributed by atoms with E-state index in [0.717, 1.165) is 12.3 Å². The number of carbonyl (C=O) groups is 1. The van der Waals surface area contributed by atoms with E-state index in [9.17, 15) is 4.79 Å². The van der Waals surface area contributed by atoms with Gasteiger partial charge in [0, 0.05) is 12.1 Å². The van der Waals surface area contributed by atoms with Crippen LogP contribution < -0.4 is 0 Å². The second kappa shape index (κ2) is 5.72. The molecule has 0 aromatic carbocycles. The van der Waals surface area contributed by atoms with E-state index in [4.69, 9.17) is 4.74 Å². The number of piperidine rings is 1. The predicted molar refractivity (Wildman–Crippen MR) is 77.1 cm³/mol. The lowest BCUT2D eigenvalue weighted by Gasteiger charge is -2.44. The van der Waals surface area contributed by atoms with Gasteiger partial charge in [-0.25, -0.2) is 4.79 Å². The smallest absolute Gasteiger partial charge is 0.410 e. The summed E-state index contributed by atoms with van der Waals surface area (Å²) < 4.78 is 5.35. The molecule has 2 fully saturated rings. The first kappa shape index (κ1) is 14.7. The van der Waals surface area contributed by atoms with Gasteiger partial charge in [0.2, 0.25) is 0 Å². The number of amides is 1. The van der Waals surface area contributed by atoms with Crippen LogP contribution in [-0.4, -0.2) is 29.7 Å². The van der Waals surface area contributed by atoms with Crippen LogP contribution in [0, 0.1) is 11.3 Å². The highest BCUT2D eigenvalue weighted by molar-refractivity contribution is 5.69. The third-order valence-electron chi connectivity index (χ3n) is 5.39. The molecular weight excluding hydrogens is 238 g/mol. The molecule has 2 saturated heterocycles. The molecule has 2 heterocycles. The van der Waals surface area contributed by atoms with Gasteiger partial charge >= 0.3 is 6.09 Å². The fourth-order valence-electron chi connectivity index (χ4n) is 3.67. The highest BCUT2D eigenvalue weighted by Gasteiger charge is 2.47. The van der Waals surface area contributed by atoms with Gasteiger partial charge in [-0.05, 0) is 43.4 Å². The topological polar surface area (TPSA) is 29.5 Å². The lowest BCUT2D eigenvalue weighted by atomic mass is 9.70. The fraction of sp³-hybridized carbons (Fsp3) is 0.938. The molecule has 2 aliphatic rings. The van der Waals surface area contributed by atoms with Gasteiger partial charge in [-0.1, -0.05) is 34.1 Å².